The van der Waals surface area contributed by atoms with Gasteiger partial charge in [0, 0.05) is 27.3 Å². The Morgan fingerprint density at radius 1 is 0.523 bits per heavy atom. The molecule has 3 heteroatoms. The van der Waals surface area contributed by atoms with E-state index in [1.807, 2.05) is 12.1 Å². The van der Waals surface area contributed by atoms with Crippen LogP contribution in [0.2, 0.25) is 0 Å². The number of hydrogen-bond acceptors (Lipinski definition) is 2. The van der Waals surface area contributed by atoms with Gasteiger partial charge in [-0.1, -0.05) is 135 Å². The molecule has 208 valence electrons. The van der Waals surface area contributed by atoms with Crippen LogP contribution in [-0.2, 0) is 5.41 Å². The van der Waals surface area contributed by atoms with Crippen molar-refractivity contribution < 1.29 is 0 Å². The third kappa shape index (κ3) is 3.50. The van der Waals surface area contributed by atoms with Crippen molar-refractivity contribution in [1.29, 1.82) is 0 Å². The summed E-state index contributed by atoms with van der Waals surface area (Å²) in [7, 11) is 0. The lowest BCUT2D eigenvalue weighted by Crippen LogP contribution is -2.24. The Morgan fingerprint density at radius 2 is 1.16 bits per heavy atom. The van der Waals surface area contributed by atoms with E-state index >= 15 is 0 Å². The Bertz CT molecular complexity index is 2340. The lowest BCUT2D eigenvalue weighted by atomic mass is 9.67. The molecule has 0 bridgehead atoms. The van der Waals surface area contributed by atoms with Crippen molar-refractivity contribution in [3.05, 3.63) is 151 Å². The van der Waals surface area contributed by atoms with Gasteiger partial charge in [-0.2, -0.15) is 0 Å². The Hall–Kier alpha value is -5.54. The summed E-state index contributed by atoms with van der Waals surface area (Å²) in [6.07, 6.45) is 0. The highest BCUT2D eigenvalue weighted by Crippen LogP contribution is 2.52. The minimum Gasteiger partial charge on any atom is -0.278 e. The maximum absolute atomic E-state index is 5.24. The van der Waals surface area contributed by atoms with Gasteiger partial charge in [-0.25, -0.2) is 9.97 Å². The molecule has 0 spiro atoms. The van der Waals surface area contributed by atoms with Crippen LogP contribution in [0.4, 0.5) is 0 Å². The first-order chi connectivity index (χ1) is 21.6. The van der Waals surface area contributed by atoms with Crippen LogP contribution in [0.1, 0.15) is 25.0 Å². The molecule has 9 rings (SSSR count). The smallest absolute Gasteiger partial charge is 0.235 e. The molecule has 3 nitrogen and oxygen atoms in total. The molecule has 0 radical (unpaired) electrons. The number of fused-ring (bicyclic) bond motifs is 6. The van der Waals surface area contributed by atoms with Gasteiger partial charge in [-0.15, -0.1) is 0 Å². The standard InChI is InChI=1S/C41H29N3/c1-41(2)32-21-12-18-28-17-11-20-29(37(28)32)30-23-24-36-38(39(30)41)31-19-9-10-22-35(31)44(36)40-42-33(26-13-5-3-6-14-26)25-34(43-40)27-15-7-4-8-16-27/h3-25H,1-2H3. The molecule has 0 atom stereocenters. The third-order valence-corrected chi connectivity index (χ3v) is 9.39. The highest BCUT2D eigenvalue weighted by atomic mass is 15.2. The second-order valence-corrected chi connectivity index (χ2v) is 12.2. The molecular weight excluding hydrogens is 534 g/mol. The van der Waals surface area contributed by atoms with Crippen LogP contribution in [0.25, 0.3) is 72.2 Å². The summed E-state index contributed by atoms with van der Waals surface area (Å²) in [5.41, 5.74) is 11.3. The molecule has 0 aliphatic heterocycles. The van der Waals surface area contributed by atoms with E-state index in [4.69, 9.17) is 9.97 Å². The Kier molecular flexibility index (Phi) is 5.24. The van der Waals surface area contributed by atoms with Gasteiger partial charge in [0.05, 0.1) is 22.4 Å². The predicted molar refractivity (Wildman–Crippen MR) is 182 cm³/mol. The van der Waals surface area contributed by atoms with Crippen molar-refractivity contribution >= 4 is 32.6 Å². The molecule has 6 aromatic carbocycles. The Balaban J connectivity index is 1.40. The second-order valence-electron chi connectivity index (χ2n) is 12.2. The molecule has 0 fully saturated rings. The molecule has 0 unspecified atom stereocenters. The summed E-state index contributed by atoms with van der Waals surface area (Å²) in [6.45, 7) is 4.75. The topological polar surface area (TPSA) is 30.7 Å². The second kappa shape index (κ2) is 9.23. The average molecular weight is 564 g/mol. The number of nitrogens with zero attached hydrogens (tertiary/aromatic N) is 3. The lowest BCUT2D eigenvalue weighted by molar-refractivity contribution is 0.652. The van der Waals surface area contributed by atoms with Crippen molar-refractivity contribution in [3.63, 3.8) is 0 Å². The van der Waals surface area contributed by atoms with Gasteiger partial charge in [0.2, 0.25) is 5.95 Å². The summed E-state index contributed by atoms with van der Waals surface area (Å²) in [4.78, 5) is 10.5. The zero-order valence-electron chi connectivity index (χ0n) is 24.6. The monoisotopic (exact) mass is 563 g/mol. The minimum absolute atomic E-state index is 0.209. The lowest BCUT2D eigenvalue weighted by Gasteiger charge is -2.36. The predicted octanol–water partition coefficient (Wildman–Crippen LogP) is 10.4. The zero-order chi connectivity index (χ0) is 29.4. The first-order valence-electron chi connectivity index (χ1n) is 15.2. The van der Waals surface area contributed by atoms with Gasteiger partial charge in [0.25, 0.3) is 0 Å². The van der Waals surface area contributed by atoms with E-state index in [0.29, 0.717) is 5.95 Å². The molecular formula is C41H29N3. The number of rotatable bonds is 3. The Morgan fingerprint density at radius 3 is 1.86 bits per heavy atom. The van der Waals surface area contributed by atoms with E-state index in [1.54, 1.807) is 0 Å². The minimum atomic E-state index is -0.209. The van der Waals surface area contributed by atoms with E-state index in [-0.39, 0.29) is 5.41 Å². The van der Waals surface area contributed by atoms with Crippen molar-refractivity contribution in [2.75, 3.05) is 0 Å². The maximum Gasteiger partial charge on any atom is 0.235 e. The first kappa shape index (κ1) is 25.0. The van der Waals surface area contributed by atoms with Gasteiger partial charge in [-0.3, -0.25) is 4.57 Å². The fraction of sp³-hybridized carbons (Fsp3) is 0.0732. The van der Waals surface area contributed by atoms with Crippen LogP contribution in [0, 0.1) is 0 Å². The fourth-order valence-corrected chi connectivity index (χ4v) is 7.42. The van der Waals surface area contributed by atoms with E-state index < -0.39 is 0 Å². The molecule has 44 heavy (non-hydrogen) atoms. The van der Waals surface area contributed by atoms with Crippen molar-refractivity contribution in [1.82, 2.24) is 14.5 Å². The van der Waals surface area contributed by atoms with E-state index in [1.165, 1.54) is 43.8 Å². The number of hydrogen-bond donors (Lipinski definition) is 0. The quantitative estimate of drug-likeness (QED) is 0.214. The van der Waals surface area contributed by atoms with Gasteiger partial charge in [0.15, 0.2) is 0 Å². The van der Waals surface area contributed by atoms with Gasteiger partial charge < -0.3 is 0 Å². The third-order valence-electron chi connectivity index (χ3n) is 9.39. The van der Waals surface area contributed by atoms with E-state index in [0.717, 1.165) is 33.5 Å². The molecule has 1 aliphatic carbocycles. The van der Waals surface area contributed by atoms with Crippen LogP contribution in [0.15, 0.2) is 140 Å². The highest BCUT2D eigenvalue weighted by Gasteiger charge is 2.36. The highest BCUT2D eigenvalue weighted by molar-refractivity contribution is 6.16. The van der Waals surface area contributed by atoms with Crippen molar-refractivity contribution in [2.45, 2.75) is 19.3 Å². The number of benzene rings is 6. The maximum atomic E-state index is 5.24. The van der Waals surface area contributed by atoms with Crippen LogP contribution in [-0.4, -0.2) is 14.5 Å². The Labute approximate surface area is 256 Å². The van der Waals surface area contributed by atoms with Crippen LogP contribution in [0.5, 0.6) is 0 Å². The van der Waals surface area contributed by atoms with Crippen LogP contribution >= 0.6 is 0 Å². The fourth-order valence-electron chi connectivity index (χ4n) is 7.42. The van der Waals surface area contributed by atoms with Crippen molar-refractivity contribution in [2.24, 2.45) is 0 Å². The molecule has 2 heterocycles. The molecule has 0 saturated carbocycles. The molecule has 8 aromatic rings. The molecule has 0 amide bonds. The summed E-state index contributed by atoms with van der Waals surface area (Å²) in [6, 6.07) is 49.6. The molecule has 0 saturated heterocycles. The van der Waals surface area contributed by atoms with E-state index in [9.17, 15) is 0 Å². The summed E-state index contributed by atoms with van der Waals surface area (Å²) < 4.78 is 2.26. The SMILES string of the molecule is CC1(C)c2cccc3cccc(c23)-c2ccc3c(c21)c1ccccc1n3-c1nc(-c2ccccc2)cc(-c2ccccc2)n1. The molecule has 2 aromatic heterocycles. The largest absolute Gasteiger partial charge is 0.278 e. The van der Waals surface area contributed by atoms with E-state index in [2.05, 4.69) is 146 Å². The van der Waals surface area contributed by atoms with Crippen molar-refractivity contribution in [3.8, 4) is 39.6 Å². The van der Waals surface area contributed by atoms with Gasteiger partial charge >= 0.3 is 0 Å². The normalized spacial score (nSPS) is 13.4. The summed E-state index contributed by atoms with van der Waals surface area (Å²) in [5.74, 6) is 0.674. The van der Waals surface area contributed by atoms with Crippen LogP contribution < -0.4 is 0 Å². The average Bonchev–Trinajstić information content (AvgIpc) is 3.42. The summed E-state index contributed by atoms with van der Waals surface area (Å²) in [5, 5.41) is 5.14. The molecule has 0 N–H and O–H groups in total. The number of aromatic nitrogens is 3. The van der Waals surface area contributed by atoms with Gasteiger partial charge in [-0.05, 0) is 51.2 Å². The zero-order valence-corrected chi connectivity index (χ0v) is 24.6. The molecule has 1 aliphatic rings. The first-order valence-corrected chi connectivity index (χ1v) is 15.2. The summed E-state index contributed by atoms with van der Waals surface area (Å²) >= 11 is 0. The van der Waals surface area contributed by atoms with Crippen LogP contribution in [0.3, 0.4) is 0 Å². The number of para-hydroxylation sites is 1. The van der Waals surface area contributed by atoms with Gasteiger partial charge in [0.1, 0.15) is 0 Å².